The second-order valence-corrected chi connectivity index (χ2v) is 6.94. The van der Waals surface area contributed by atoms with Gasteiger partial charge in [0.25, 0.3) is 0 Å². The van der Waals surface area contributed by atoms with Crippen molar-refractivity contribution in [1.29, 1.82) is 0 Å². The Morgan fingerprint density at radius 1 is 1.12 bits per heavy atom. The number of benzene rings is 2. The first-order valence-electron chi connectivity index (χ1n) is 9.38. The molecule has 2 aromatic carbocycles. The van der Waals surface area contributed by atoms with Gasteiger partial charge in [-0.1, -0.05) is 24.3 Å². The Balaban J connectivity index is 1.49. The summed E-state index contributed by atoms with van der Waals surface area (Å²) < 4.78 is 5.43. The second-order valence-electron chi connectivity index (χ2n) is 6.94. The fourth-order valence-electron chi connectivity index (χ4n) is 3.47. The minimum absolute atomic E-state index is 0.0573. The fourth-order valence-corrected chi connectivity index (χ4v) is 3.47. The first-order chi connectivity index (χ1) is 12.7. The summed E-state index contributed by atoms with van der Waals surface area (Å²) in [6, 6.07) is 16.4. The Labute approximate surface area is 156 Å². The van der Waals surface area contributed by atoms with Crippen molar-refractivity contribution < 1.29 is 9.53 Å². The minimum atomic E-state index is 0.0573. The van der Waals surface area contributed by atoms with E-state index in [-0.39, 0.29) is 5.91 Å². The molecule has 0 radical (unpaired) electrons. The lowest BCUT2D eigenvalue weighted by Gasteiger charge is -2.33. The molecule has 0 aromatic heterocycles. The summed E-state index contributed by atoms with van der Waals surface area (Å²) in [5.41, 5.74) is 4.53. The third-order valence-electron chi connectivity index (χ3n) is 5.17. The molecule has 0 saturated carbocycles. The number of anilines is 2. The Kier molecular flexibility index (Phi) is 6.29. The smallest absolute Gasteiger partial charge is 0.224 e. The van der Waals surface area contributed by atoms with Crippen LogP contribution in [0, 0.1) is 6.92 Å². The number of amides is 1. The first kappa shape index (κ1) is 18.5. The van der Waals surface area contributed by atoms with Crippen LogP contribution >= 0.6 is 0 Å². The Bertz CT molecular complexity index is 719. The zero-order chi connectivity index (χ0) is 18.4. The van der Waals surface area contributed by atoms with Gasteiger partial charge in [0.1, 0.15) is 0 Å². The number of carbonyl (C=O) groups is 1. The average Bonchev–Trinajstić information content (AvgIpc) is 2.68. The molecular weight excluding hydrogens is 324 g/mol. The molecule has 3 rings (SSSR count). The molecule has 0 unspecified atom stereocenters. The van der Waals surface area contributed by atoms with E-state index in [1.807, 2.05) is 24.3 Å². The topological polar surface area (TPSA) is 41.6 Å². The maximum absolute atomic E-state index is 12.2. The first-order valence-corrected chi connectivity index (χ1v) is 9.38. The molecule has 4 heteroatoms. The van der Waals surface area contributed by atoms with E-state index in [1.165, 1.54) is 16.8 Å². The monoisotopic (exact) mass is 352 g/mol. The van der Waals surface area contributed by atoms with Crippen LogP contribution in [0.2, 0.25) is 0 Å². The number of piperidine rings is 1. The fraction of sp³-hybridized carbons (Fsp3) is 0.409. The molecule has 4 nitrogen and oxygen atoms in total. The van der Waals surface area contributed by atoms with Crippen molar-refractivity contribution in [2.24, 2.45) is 0 Å². The van der Waals surface area contributed by atoms with Crippen LogP contribution < -0.4 is 10.2 Å². The van der Waals surface area contributed by atoms with E-state index < -0.39 is 0 Å². The van der Waals surface area contributed by atoms with Crippen molar-refractivity contribution in [1.82, 2.24) is 0 Å². The number of nitrogens with one attached hydrogen (secondary N) is 1. The van der Waals surface area contributed by atoms with E-state index in [1.54, 1.807) is 7.11 Å². The summed E-state index contributed by atoms with van der Waals surface area (Å²) in [5.74, 6) is 0.0573. The lowest BCUT2D eigenvalue weighted by molar-refractivity contribution is -0.116. The van der Waals surface area contributed by atoms with Crippen molar-refractivity contribution in [3.63, 3.8) is 0 Å². The maximum Gasteiger partial charge on any atom is 0.224 e. The molecule has 1 N–H and O–H groups in total. The van der Waals surface area contributed by atoms with E-state index in [2.05, 4.69) is 41.4 Å². The molecule has 1 saturated heterocycles. The van der Waals surface area contributed by atoms with Crippen molar-refractivity contribution >= 4 is 17.3 Å². The van der Waals surface area contributed by atoms with Gasteiger partial charge in [-0.15, -0.1) is 0 Å². The van der Waals surface area contributed by atoms with Crippen LogP contribution in [-0.2, 0) is 16.0 Å². The SMILES string of the molecule is COC1CCN(c2ccc(NC(=O)CCc3ccccc3C)cc2)CC1. The molecule has 26 heavy (non-hydrogen) atoms. The number of ether oxygens (including phenoxy) is 1. The minimum Gasteiger partial charge on any atom is -0.381 e. The van der Waals surface area contributed by atoms with Crippen LogP contribution in [0.25, 0.3) is 0 Å². The Hall–Kier alpha value is -2.33. The second kappa shape index (κ2) is 8.86. The molecular formula is C22H28N2O2. The van der Waals surface area contributed by atoms with Crippen molar-refractivity contribution in [2.75, 3.05) is 30.4 Å². The molecule has 1 aliphatic rings. The Morgan fingerprint density at radius 3 is 2.46 bits per heavy atom. The van der Waals surface area contributed by atoms with Crippen molar-refractivity contribution in [2.45, 2.75) is 38.7 Å². The number of nitrogens with zero attached hydrogens (tertiary/aromatic N) is 1. The number of hydrogen-bond acceptors (Lipinski definition) is 3. The molecule has 1 heterocycles. The van der Waals surface area contributed by atoms with Gasteiger partial charge in [0.15, 0.2) is 0 Å². The zero-order valence-corrected chi connectivity index (χ0v) is 15.7. The number of carbonyl (C=O) groups excluding carboxylic acids is 1. The third kappa shape index (κ3) is 4.85. The van der Waals surface area contributed by atoms with Crippen LogP contribution in [-0.4, -0.2) is 32.2 Å². The zero-order valence-electron chi connectivity index (χ0n) is 15.7. The Morgan fingerprint density at radius 2 is 1.81 bits per heavy atom. The quantitative estimate of drug-likeness (QED) is 0.848. The molecule has 1 amide bonds. The number of methoxy groups -OCH3 is 1. The van der Waals surface area contributed by atoms with Gasteiger partial charge in [0.05, 0.1) is 6.10 Å². The number of rotatable bonds is 6. The van der Waals surface area contributed by atoms with Crippen molar-refractivity contribution in [3.05, 3.63) is 59.7 Å². The van der Waals surface area contributed by atoms with E-state index in [0.717, 1.165) is 38.0 Å². The predicted molar refractivity (Wildman–Crippen MR) is 107 cm³/mol. The molecule has 0 atom stereocenters. The predicted octanol–water partition coefficient (Wildman–Crippen LogP) is 4.18. The summed E-state index contributed by atoms with van der Waals surface area (Å²) in [7, 11) is 1.79. The summed E-state index contributed by atoms with van der Waals surface area (Å²) in [5, 5.41) is 3.00. The van der Waals surface area contributed by atoms with E-state index in [0.29, 0.717) is 12.5 Å². The summed E-state index contributed by atoms with van der Waals surface area (Å²) in [6.07, 6.45) is 3.78. The standard InChI is InChI=1S/C22H28N2O2/c1-17-5-3-4-6-18(17)7-12-22(25)23-19-8-10-20(11-9-19)24-15-13-21(26-2)14-16-24/h3-6,8-11,21H,7,12-16H2,1-2H3,(H,23,25). The van der Waals surface area contributed by atoms with Gasteiger partial charge < -0.3 is 15.0 Å². The molecule has 1 fully saturated rings. The van der Waals surface area contributed by atoms with E-state index in [4.69, 9.17) is 4.74 Å². The van der Waals surface area contributed by atoms with Crippen LogP contribution in [0.4, 0.5) is 11.4 Å². The summed E-state index contributed by atoms with van der Waals surface area (Å²) >= 11 is 0. The highest BCUT2D eigenvalue weighted by Gasteiger charge is 2.18. The van der Waals surface area contributed by atoms with Gasteiger partial charge in [-0.05, 0) is 61.6 Å². The van der Waals surface area contributed by atoms with Gasteiger partial charge in [-0.3, -0.25) is 4.79 Å². The van der Waals surface area contributed by atoms with Crippen LogP contribution in [0.5, 0.6) is 0 Å². The van der Waals surface area contributed by atoms with Gasteiger partial charge in [0, 0.05) is 38.0 Å². The molecule has 2 aromatic rings. The highest BCUT2D eigenvalue weighted by Crippen LogP contribution is 2.23. The molecule has 0 spiro atoms. The van der Waals surface area contributed by atoms with Gasteiger partial charge in [-0.25, -0.2) is 0 Å². The summed E-state index contributed by atoms with van der Waals surface area (Å²) in [4.78, 5) is 14.6. The highest BCUT2D eigenvalue weighted by molar-refractivity contribution is 5.91. The van der Waals surface area contributed by atoms with Crippen LogP contribution in [0.15, 0.2) is 48.5 Å². The molecule has 0 aliphatic carbocycles. The summed E-state index contributed by atoms with van der Waals surface area (Å²) in [6.45, 7) is 4.11. The number of hydrogen-bond donors (Lipinski definition) is 1. The molecule has 0 bridgehead atoms. The lowest BCUT2D eigenvalue weighted by atomic mass is 10.0. The van der Waals surface area contributed by atoms with Crippen molar-refractivity contribution in [3.8, 4) is 0 Å². The number of aryl methyl sites for hydroxylation is 2. The molecule has 138 valence electrons. The van der Waals surface area contributed by atoms with Crippen LogP contribution in [0.1, 0.15) is 30.4 Å². The average molecular weight is 352 g/mol. The highest BCUT2D eigenvalue weighted by atomic mass is 16.5. The van der Waals surface area contributed by atoms with Crippen LogP contribution in [0.3, 0.4) is 0 Å². The lowest BCUT2D eigenvalue weighted by Crippen LogP contribution is -2.36. The normalized spacial score (nSPS) is 15.1. The maximum atomic E-state index is 12.2. The third-order valence-corrected chi connectivity index (χ3v) is 5.17. The largest absolute Gasteiger partial charge is 0.381 e. The van der Waals surface area contributed by atoms with Gasteiger partial charge >= 0.3 is 0 Å². The van der Waals surface area contributed by atoms with E-state index >= 15 is 0 Å². The van der Waals surface area contributed by atoms with E-state index in [9.17, 15) is 4.79 Å². The van der Waals surface area contributed by atoms with Gasteiger partial charge in [-0.2, -0.15) is 0 Å². The molecule has 1 aliphatic heterocycles. The van der Waals surface area contributed by atoms with Gasteiger partial charge in [0.2, 0.25) is 5.91 Å².